The first-order chi connectivity index (χ1) is 12.9. The summed E-state index contributed by atoms with van der Waals surface area (Å²) in [6.07, 6.45) is 3.60. The lowest BCUT2D eigenvalue weighted by Crippen LogP contribution is -2.40. The smallest absolute Gasteiger partial charge is 0.229 e. The van der Waals surface area contributed by atoms with E-state index in [1.165, 1.54) is 18.4 Å². The highest BCUT2D eigenvalue weighted by Crippen LogP contribution is 2.47. The van der Waals surface area contributed by atoms with Crippen molar-refractivity contribution in [2.45, 2.75) is 51.6 Å². The summed E-state index contributed by atoms with van der Waals surface area (Å²) in [4.78, 5) is 9.64. The highest BCUT2D eigenvalue weighted by atomic mass is 35.5. The summed E-state index contributed by atoms with van der Waals surface area (Å²) >= 11 is 6.00. The van der Waals surface area contributed by atoms with Crippen LogP contribution in [0.1, 0.15) is 62.3 Å². The standard InChI is InChI=1S/C21H29ClN4O/c1-15(2)20-23-19(24-27-20)18-12-21(14-25(18)3)8-10-26(11-9-21)13-16-4-6-17(22)7-5-16/h4-7,15,18H,8-14H2,1-3H3. The van der Waals surface area contributed by atoms with Gasteiger partial charge in [0.2, 0.25) is 5.89 Å². The monoisotopic (exact) mass is 388 g/mol. The zero-order chi connectivity index (χ0) is 19.0. The molecule has 2 aromatic rings. The van der Waals surface area contributed by atoms with Gasteiger partial charge < -0.3 is 4.52 Å². The summed E-state index contributed by atoms with van der Waals surface area (Å²) in [6.45, 7) is 8.60. The number of hydrogen-bond donors (Lipinski definition) is 0. The van der Waals surface area contributed by atoms with Crippen LogP contribution in [-0.4, -0.2) is 46.6 Å². The van der Waals surface area contributed by atoms with Crippen molar-refractivity contribution >= 4 is 11.6 Å². The number of aromatic nitrogens is 2. The summed E-state index contributed by atoms with van der Waals surface area (Å²) in [5.74, 6) is 1.89. The molecule has 1 spiro atoms. The number of likely N-dealkylation sites (tertiary alicyclic amines) is 2. The first-order valence-electron chi connectivity index (χ1n) is 9.95. The lowest BCUT2D eigenvalue weighted by atomic mass is 9.76. The van der Waals surface area contributed by atoms with Crippen LogP contribution < -0.4 is 0 Å². The maximum Gasteiger partial charge on any atom is 0.229 e. The summed E-state index contributed by atoms with van der Waals surface area (Å²) in [5, 5.41) is 5.08. The Morgan fingerprint density at radius 2 is 1.93 bits per heavy atom. The molecule has 1 aromatic heterocycles. The van der Waals surface area contributed by atoms with Crippen LogP contribution in [0.5, 0.6) is 0 Å². The van der Waals surface area contributed by atoms with Crippen LogP contribution in [0, 0.1) is 5.41 Å². The molecule has 0 aliphatic carbocycles. The minimum atomic E-state index is 0.281. The summed E-state index contributed by atoms with van der Waals surface area (Å²) < 4.78 is 5.45. The largest absolute Gasteiger partial charge is 0.339 e. The van der Waals surface area contributed by atoms with Crippen LogP contribution in [-0.2, 0) is 6.54 Å². The van der Waals surface area contributed by atoms with E-state index in [2.05, 4.69) is 53.0 Å². The molecule has 0 amide bonds. The molecule has 6 heteroatoms. The maximum atomic E-state index is 6.00. The number of rotatable bonds is 4. The lowest BCUT2D eigenvalue weighted by Gasteiger charge is -2.39. The van der Waals surface area contributed by atoms with Gasteiger partial charge in [0.25, 0.3) is 0 Å². The number of hydrogen-bond acceptors (Lipinski definition) is 5. The Labute approximate surface area is 166 Å². The van der Waals surface area contributed by atoms with Gasteiger partial charge in [-0.05, 0) is 62.5 Å². The van der Waals surface area contributed by atoms with Crippen molar-refractivity contribution in [3.63, 3.8) is 0 Å². The molecule has 3 heterocycles. The fourth-order valence-corrected chi connectivity index (χ4v) is 4.70. The van der Waals surface area contributed by atoms with Crippen molar-refractivity contribution in [1.29, 1.82) is 0 Å². The van der Waals surface area contributed by atoms with E-state index in [1.807, 2.05) is 12.1 Å². The van der Waals surface area contributed by atoms with Gasteiger partial charge in [-0.3, -0.25) is 9.80 Å². The van der Waals surface area contributed by atoms with E-state index in [4.69, 9.17) is 16.1 Å². The van der Waals surface area contributed by atoms with E-state index in [0.29, 0.717) is 5.41 Å². The topological polar surface area (TPSA) is 45.4 Å². The van der Waals surface area contributed by atoms with Gasteiger partial charge in [0.1, 0.15) is 0 Å². The molecule has 0 radical (unpaired) electrons. The van der Waals surface area contributed by atoms with Crippen molar-refractivity contribution in [1.82, 2.24) is 19.9 Å². The molecule has 2 aliphatic heterocycles. The molecular formula is C21H29ClN4O. The normalized spacial score (nSPS) is 23.5. The number of piperidine rings is 1. The average Bonchev–Trinajstić information content (AvgIpc) is 3.24. The second-order valence-corrected chi connectivity index (χ2v) is 9.12. The van der Waals surface area contributed by atoms with Crippen molar-refractivity contribution in [2.75, 3.05) is 26.7 Å². The summed E-state index contributed by atoms with van der Waals surface area (Å²) in [7, 11) is 2.20. The SMILES string of the molecule is CC(C)c1nc(C2CC3(CCN(Cc4ccc(Cl)cc4)CC3)CN2C)no1. The van der Waals surface area contributed by atoms with Crippen LogP contribution in [0.15, 0.2) is 28.8 Å². The van der Waals surface area contributed by atoms with Crippen LogP contribution >= 0.6 is 11.6 Å². The molecule has 2 aliphatic rings. The molecule has 2 saturated heterocycles. The van der Waals surface area contributed by atoms with E-state index in [9.17, 15) is 0 Å². The Balaban J connectivity index is 1.37. The Bertz CT molecular complexity index is 765. The van der Waals surface area contributed by atoms with Crippen LogP contribution in [0.4, 0.5) is 0 Å². The third-order valence-corrected chi connectivity index (χ3v) is 6.48. The van der Waals surface area contributed by atoms with E-state index in [1.54, 1.807) is 0 Å². The van der Waals surface area contributed by atoms with Crippen molar-refractivity contribution in [2.24, 2.45) is 5.41 Å². The van der Waals surface area contributed by atoms with Crippen LogP contribution in [0.2, 0.25) is 5.02 Å². The molecule has 0 bridgehead atoms. The second-order valence-electron chi connectivity index (χ2n) is 8.68. The van der Waals surface area contributed by atoms with Gasteiger partial charge in [-0.25, -0.2) is 0 Å². The maximum absolute atomic E-state index is 6.00. The second kappa shape index (κ2) is 7.53. The van der Waals surface area contributed by atoms with E-state index >= 15 is 0 Å². The van der Waals surface area contributed by atoms with Gasteiger partial charge in [-0.2, -0.15) is 4.98 Å². The minimum Gasteiger partial charge on any atom is -0.339 e. The van der Waals surface area contributed by atoms with Gasteiger partial charge in [0.05, 0.1) is 6.04 Å². The van der Waals surface area contributed by atoms with Gasteiger partial charge in [-0.15, -0.1) is 0 Å². The first kappa shape index (κ1) is 18.9. The number of benzene rings is 1. The molecule has 1 atom stereocenters. The predicted octanol–water partition coefficient (Wildman–Crippen LogP) is 4.51. The molecule has 5 nitrogen and oxygen atoms in total. The van der Waals surface area contributed by atoms with Crippen molar-refractivity contribution in [3.8, 4) is 0 Å². The Kier molecular flexibility index (Phi) is 5.28. The molecule has 146 valence electrons. The molecule has 0 N–H and O–H groups in total. The average molecular weight is 389 g/mol. The van der Waals surface area contributed by atoms with Crippen molar-refractivity contribution < 1.29 is 4.52 Å². The fraction of sp³-hybridized carbons (Fsp3) is 0.619. The fourth-order valence-electron chi connectivity index (χ4n) is 4.57. The Hall–Kier alpha value is -1.43. The van der Waals surface area contributed by atoms with E-state index < -0.39 is 0 Å². The van der Waals surface area contributed by atoms with Crippen LogP contribution in [0.3, 0.4) is 0 Å². The zero-order valence-corrected chi connectivity index (χ0v) is 17.2. The van der Waals surface area contributed by atoms with Crippen LogP contribution in [0.25, 0.3) is 0 Å². The van der Waals surface area contributed by atoms with E-state index in [-0.39, 0.29) is 12.0 Å². The zero-order valence-electron chi connectivity index (χ0n) is 16.5. The third kappa shape index (κ3) is 4.05. The molecule has 27 heavy (non-hydrogen) atoms. The highest BCUT2D eigenvalue weighted by Gasteiger charge is 2.46. The quantitative estimate of drug-likeness (QED) is 0.771. The molecule has 1 unspecified atom stereocenters. The lowest BCUT2D eigenvalue weighted by molar-refractivity contribution is 0.105. The number of halogens is 1. The summed E-state index contributed by atoms with van der Waals surface area (Å²) in [5.41, 5.74) is 1.72. The highest BCUT2D eigenvalue weighted by molar-refractivity contribution is 6.30. The first-order valence-corrected chi connectivity index (χ1v) is 10.3. The third-order valence-electron chi connectivity index (χ3n) is 6.23. The summed E-state index contributed by atoms with van der Waals surface area (Å²) in [6, 6.07) is 8.51. The van der Waals surface area contributed by atoms with Gasteiger partial charge in [0, 0.05) is 24.0 Å². The molecular weight excluding hydrogens is 360 g/mol. The Morgan fingerprint density at radius 1 is 1.22 bits per heavy atom. The molecule has 1 aromatic carbocycles. The molecule has 4 rings (SSSR count). The molecule has 0 saturated carbocycles. The molecule has 2 fully saturated rings. The predicted molar refractivity (Wildman–Crippen MR) is 107 cm³/mol. The van der Waals surface area contributed by atoms with Gasteiger partial charge in [0.15, 0.2) is 5.82 Å². The van der Waals surface area contributed by atoms with E-state index in [0.717, 1.165) is 49.3 Å². The van der Waals surface area contributed by atoms with Gasteiger partial charge >= 0.3 is 0 Å². The van der Waals surface area contributed by atoms with Crippen molar-refractivity contribution in [3.05, 3.63) is 46.6 Å². The Morgan fingerprint density at radius 3 is 2.56 bits per heavy atom. The number of nitrogens with zero attached hydrogens (tertiary/aromatic N) is 4. The minimum absolute atomic E-state index is 0.281. The van der Waals surface area contributed by atoms with Gasteiger partial charge in [-0.1, -0.05) is 42.7 Å².